The second kappa shape index (κ2) is 7.12. The number of aromatic nitrogens is 3. The fourth-order valence-corrected chi connectivity index (χ4v) is 3.88. The van der Waals surface area contributed by atoms with E-state index in [1.807, 2.05) is 6.92 Å². The lowest BCUT2D eigenvalue weighted by molar-refractivity contribution is 0.509. The number of hydrogen-bond acceptors (Lipinski definition) is 5. The van der Waals surface area contributed by atoms with Crippen LogP contribution in [0.5, 0.6) is 0 Å². The minimum atomic E-state index is -0.296. The quantitative estimate of drug-likeness (QED) is 0.414. The molecule has 0 unspecified atom stereocenters. The Balaban J connectivity index is 1.59. The largest absolute Gasteiger partial charge is 0.419 e. The van der Waals surface area contributed by atoms with E-state index in [2.05, 4.69) is 48.3 Å². The van der Waals surface area contributed by atoms with Gasteiger partial charge in [0.25, 0.3) is 0 Å². The summed E-state index contributed by atoms with van der Waals surface area (Å²) in [5.74, 6) is 0.607. The number of hydrogen-bond donors (Lipinski definition) is 0. The van der Waals surface area contributed by atoms with Crippen molar-refractivity contribution in [3.8, 4) is 11.5 Å². The van der Waals surface area contributed by atoms with Gasteiger partial charge in [-0.15, -0.1) is 10.2 Å². The van der Waals surface area contributed by atoms with Crippen LogP contribution in [0.1, 0.15) is 29.2 Å². The highest BCUT2D eigenvalue weighted by Crippen LogP contribution is 2.36. The smallest absolute Gasteiger partial charge is 0.247 e. The third kappa shape index (κ3) is 3.57. The SMILES string of the molecule is Cc1cc(S[C@H](C)c2nnc(-c3ccc(F)cc3)o2)nc2c(C)cccc12. The van der Waals surface area contributed by atoms with Crippen molar-refractivity contribution in [1.29, 1.82) is 0 Å². The van der Waals surface area contributed by atoms with Crippen LogP contribution in [0.25, 0.3) is 22.4 Å². The fourth-order valence-electron chi connectivity index (χ4n) is 2.93. The van der Waals surface area contributed by atoms with Crippen molar-refractivity contribution >= 4 is 22.7 Å². The molecule has 4 aromatic rings. The Bertz CT molecular complexity index is 1110. The molecule has 0 bridgehead atoms. The average molecular weight is 379 g/mol. The molecule has 0 saturated carbocycles. The molecule has 0 aliphatic rings. The van der Waals surface area contributed by atoms with Crippen LogP contribution in [0, 0.1) is 19.7 Å². The molecule has 0 radical (unpaired) electrons. The Morgan fingerprint density at radius 2 is 1.78 bits per heavy atom. The van der Waals surface area contributed by atoms with Crippen molar-refractivity contribution in [3.63, 3.8) is 0 Å². The van der Waals surface area contributed by atoms with Gasteiger partial charge in [0.05, 0.1) is 15.8 Å². The number of aryl methyl sites for hydroxylation is 2. The second-order valence-corrected chi connectivity index (χ2v) is 7.82. The average Bonchev–Trinajstić information content (AvgIpc) is 3.14. The highest BCUT2D eigenvalue weighted by atomic mass is 32.2. The van der Waals surface area contributed by atoms with Crippen molar-refractivity contribution in [2.24, 2.45) is 0 Å². The molecular weight excluding hydrogens is 361 g/mol. The van der Waals surface area contributed by atoms with Crippen LogP contribution >= 0.6 is 11.8 Å². The van der Waals surface area contributed by atoms with Crippen LogP contribution < -0.4 is 0 Å². The third-order valence-electron chi connectivity index (χ3n) is 4.40. The first-order valence-corrected chi connectivity index (χ1v) is 9.52. The molecule has 6 heteroatoms. The lowest BCUT2D eigenvalue weighted by Gasteiger charge is -2.10. The summed E-state index contributed by atoms with van der Waals surface area (Å²) in [5, 5.41) is 10.3. The van der Waals surface area contributed by atoms with Gasteiger partial charge >= 0.3 is 0 Å². The van der Waals surface area contributed by atoms with Gasteiger partial charge in [0.1, 0.15) is 5.82 Å². The Hall–Kier alpha value is -2.73. The summed E-state index contributed by atoms with van der Waals surface area (Å²) in [7, 11) is 0. The second-order valence-electron chi connectivity index (χ2n) is 6.46. The van der Waals surface area contributed by atoms with Crippen molar-refractivity contribution in [1.82, 2.24) is 15.2 Å². The van der Waals surface area contributed by atoms with E-state index in [9.17, 15) is 4.39 Å². The van der Waals surface area contributed by atoms with E-state index in [1.165, 1.54) is 23.1 Å². The summed E-state index contributed by atoms with van der Waals surface area (Å²) in [6.45, 7) is 6.17. The zero-order valence-corrected chi connectivity index (χ0v) is 16.0. The highest BCUT2D eigenvalue weighted by Gasteiger charge is 2.18. The molecule has 2 aromatic heterocycles. The van der Waals surface area contributed by atoms with Gasteiger partial charge in [-0.2, -0.15) is 0 Å². The molecule has 0 spiro atoms. The zero-order chi connectivity index (χ0) is 19.0. The van der Waals surface area contributed by atoms with Crippen LogP contribution in [-0.2, 0) is 0 Å². The number of halogens is 1. The van der Waals surface area contributed by atoms with E-state index in [0.717, 1.165) is 16.1 Å². The van der Waals surface area contributed by atoms with Crippen LogP contribution in [0.15, 0.2) is 58.0 Å². The van der Waals surface area contributed by atoms with E-state index >= 15 is 0 Å². The molecule has 0 fully saturated rings. The number of rotatable bonds is 4. The summed E-state index contributed by atoms with van der Waals surface area (Å²) in [6, 6.07) is 14.3. The van der Waals surface area contributed by atoms with Crippen molar-refractivity contribution in [2.45, 2.75) is 31.0 Å². The van der Waals surface area contributed by atoms with Crippen LogP contribution in [-0.4, -0.2) is 15.2 Å². The lowest BCUT2D eigenvalue weighted by atomic mass is 10.1. The maximum absolute atomic E-state index is 13.1. The number of para-hydroxylation sites is 1. The highest BCUT2D eigenvalue weighted by molar-refractivity contribution is 7.99. The standard InChI is InChI=1S/C21H18FN3OS/c1-12-5-4-6-17-13(2)11-18(23-19(12)17)27-14(3)20-24-25-21(26-20)15-7-9-16(22)10-8-15/h4-11,14H,1-3H3/t14-/m1/s1. The van der Waals surface area contributed by atoms with Crippen molar-refractivity contribution < 1.29 is 8.81 Å². The summed E-state index contributed by atoms with van der Waals surface area (Å²) < 4.78 is 18.9. The number of thioether (sulfide) groups is 1. The molecule has 136 valence electrons. The minimum absolute atomic E-state index is 0.0555. The molecule has 2 heterocycles. The summed E-state index contributed by atoms with van der Waals surface area (Å²) in [6.07, 6.45) is 0. The summed E-state index contributed by atoms with van der Waals surface area (Å²) in [4.78, 5) is 4.81. The Labute approximate surface area is 160 Å². The number of pyridine rings is 1. The third-order valence-corrected chi connectivity index (χ3v) is 5.41. The number of benzene rings is 2. The van der Waals surface area contributed by atoms with Crippen LogP contribution in [0.3, 0.4) is 0 Å². The Morgan fingerprint density at radius 3 is 2.56 bits per heavy atom. The molecular formula is C21H18FN3OS. The zero-order valence-electron chi connectivity index (χ0n) is 15.2. The maximum Gasteiger partial charge on any atom is 0.247 e. The summed E-state index contributed by atoms with van der Waals surface area (Å²) >= 11 is 1.58. The predicted octanol–water partition coefficient (Wildman–Crippen LogP) is 5.89. The monoisotopic (exact) mass is 379 g/mol. The van der Waals surface area contributed by atoms with E-state index in [4.69, 9.17) is 9.40 Å². The normalized spacial score (nSPS) is 12.4. The van der Waals surface area contributed by atoms with Gasteiger partial charge in [0.15, 0.2) is 0 Å². The van der Waals surface area contributed by atoms with Crippen LogP contribution in [0.4, 0.5) is 4.39 Å². The van der Waals surface area contributed by atoms with Gasteiger partial charge in [-0.1, -0.05) is 30.0 Å². The van der Waals surface area contributed by atoms with E-state index in [1.54, 1.807) is 23.9 Å². The fraction of sp³-hybridized carbons (Fsp3) is 0.190. The van der Waals surface area contributed by atoms with Gasteiger partial charge in [0, 0.05) is 10.9 Å². The molecule has 4 rings (SSSR count). The molecule has 0 amide bonds. The topological polar surface area (TPSA) is 51.8 Å². The Morgan fingerprint density at radius 1 is 1.00 bits per heavy atom. The van der Waals surface area contributed by atoms with Gasteiger partial charge < -0.3 is 4.42 Å². The van der Waals surface area contributed by atoms with E-state index in [-0.39, 0.29) is 11.1 Å². The molecule has 27 heavy (non-hydrogen) atoms. The first-order valence-electron chi connectivity index (χ1n) is 8.64. The minimum Gasteiger partial charge on any atom is -0.419 e. The van der Waals surface area contributed by atoms with Gasteiger partial charge in [-0.05, 0) is 62.2 Å². The predicted molar refractivity (Wildman–Crippen MR) is 105 cm³/mol. The van der Waals surface area contributed by atoms with Crippen molar-refractivity contribution in [2.75, 3.05) is 0 Å². The first-order chi connectivity index (χ1) is 13.0. The Kier molecular flexibility index (Phi) is 4.66. The maximum atomic E-state index is 13.1. The summed E-state index contributed by atoms with van der Waals surface area (Å²) in [5.41, 5.74) is 4.06. The molecule has 1 atom stereocenters. The number of nitrogens with zero attached hydrogens (tertiary/aromatic N) is 3. The van der Waals surface area contributed by atoms with Crippen LogP contribution in [0.2, 0.25) is 0 Å². The molecule has 2 aromatic carbocycles. The van der Waals surface area contributed by atoms with E-state index < -0.39 is 0 Å². The lowest BCUT2D eigenvalue weighted by Crippen LogP contribution is -1.93. The first kappa shape index (κ1) is 17.7. The van der Waals surface area contributed by atoms with Gasteiger partial charge in [-0.25, -0.2) is 9.37 Å². The van der Waals surface area contributed by atoms with Gasteiger partial charge in [0.2, 0.25) is 11.8 Å². The molecule has 0 N–H and O–H groups in total. The molecule has 0 saturated heterocycles. The van der Waals surface area contributed by atoms with Gasteiger partial charge in [-0.3, -0.25) is 0 Å². The number of fused-ring (bicyclic) bond motifs is 1. The molecule has 0 aliphatic heterocycles. The molecule has 0 aliphatic carbocycles. The molecule has 4 nitrogen and oxygen atoms in total. The van der Waals surface area contributed by atoms with E-state index in [0.29, 0.717) is 17.3 Å². The van der Waals surface area contributed by atoms with Crippen molar-refractivity contribution in [3.05, 3.63) is 71.4 Å².